The Labute approximate surface area is 194 Å². The first-order valence-corrected chi connectivity index (χ1v) is 12.2. The second kappa shape index (κ2) is 9.11. The molecule has 12 heteroatoms. The standard InChI is InChI=1S/C22H22F3N5O3S/c1-34(32,33)30-11-9-29(10-12-30)19-8-7-16(14-26-19)27-21(31)20-17(22(23,24)25)13-18(28-20)15-5-3-2-4-6-15/h2-8,13-14,28H,9-12H2,1H3,(H,27,31). The van der Waals surface area contributed by atoms with Gasteiger partial charge in [-0.05, 0) is 23.8 Å². The van der Waals surface area contributed by atoms with Crippen LogP contribution >= 0.6 is 0 Å². The van der Waals surface area contributed by atoms with Crippen LogP contribution in [-0.4, -0.2) is 61.0 Å². The number of carbonyl (C=O) groups is 1. The third-order valence-electron chi connectivity index (χ3n) is 5.47. The van der Waals surface area contributed by atoms with Crippen LogP contribution in [0.5, 0.6) is 0 Å². The lowest BCUT2D eigenvalue weighted by Gasteiger charge is -2.33. The SMILES string of the molecule is CS(=O)(=O)N1CCN(c2ccc(NC(=O)c3[nH]c(-c4ccccc4)cc3C(F)(F)F)cn2)CC1. The van der Waals surface area contributed by atoms with E-state index < -0.39 is 33.4 Å². The minimum Gasteiger partial charge on any atom is -0.354 e. The number of aromatic nitrogens is 2. The fourth-order valence-corrected chi connectivity index (χ4v) is 4.55. The van der Waals surface area contributed by atoms with Crippen LogP contribution in [0, 0.1) is 0 Å². The predicted molar refractivity (Wildman–Crippen MR) is 122 cm³/mol. The molecule has 0 spiro atoms. The Hall–Kier alpha value is -3.38. The van der Waals surface area contributed by atoms with Crippen molar-refractivity contribution >= 4 is 27.4 Å². The molecule has 0 atom stereocenters. The van der Waals surface area contributed by atoms with E-state index in [1.54, 1.807) is 36.4 Å². The molecule has 34 heavy (non-hydrogen) atoms. The van der Waals surface area contributed by atoms with Gasteiger partial charge in [0.25, 0.3) is 5.91 Å². The Morgan fingerprint density at radius 1 is 1.06 bits per heavy atom. The van der Waals surface area contributed by atoms with Gasteiger partial charge in [0.1, 0.15) is 11.5 Å². The maximum absolute atomic E-state index is 13.6. The lowest BCUT2D eigenvalue weighted by Crippen LogP contribution is -2.48. The van der Waals surface area contributed by atoms with Crippen molar-refractivity contribution in [2.45, 2.75) is 6.18 Å². The van der Waals surface area contributed by atoms with Gasteiger partial charge in [-0.15, -0.1) is 0 Å². The van der Waals surface area contributed by atoms with Crippen molar-refractivity contribution in [3.05, 3.63) is 66.0 Å². The summed E-state index contributed by atoms with van der Waals surface area (Å²) in [5, 5.41) is 2.45. The predicted octanol–water partition coefficient (Wildman–Crippen LogP) is 3.43. The average Bonchev–Trinajstić information content (AvgIpc) is 3.26. The van der Waals surface area contributed by atoms with Crippen LogP contribution in [0.1, 0.15) is 16.1 Å². The molecule has 4 rings (SSSR count). The van der Waals surface area contributed by atoms with Gasteiger partial charge in [0, 0.05) is 31.9 Å². The number of alkyl halides is 3. The highest BCUT2D eigenvalue weighted by Gasteiger charge is 2.37. The number of H-pyrrole nitrogens is 1. The van der Waals surface area contributed by atoms with Gasteiger partial charge in [-0.1, -0.05) is 30.3 Å². The molecule has 0 aliphatic carbocycles. The third-order valence-corrected chi connectivity index (χ3v) is 6.78. The Balaban J connectivity index is 1.48. The van der Waals surface area contributed by atoms with E-state index in [9.17, 15) is 26.4 Å². The zero-order valence-corrected chi connectivity index (χ0v) is 18.9. The second-order valence-electron chi connectivity index (χ2n) is 7.84. The molecule has 3 heterocycles. The molecule has 1 aromatic carbocycles. The number of hydrogen-bond donors (Lipinski definition) is 2. The van der Waals surface area contributed by atoms with Gasteiger partial charge in [0.2, 0.25) is 10.0 Å². The van der Waals surface area contributed by atoms with Crippen LogP contribution in [0.3, 0.4) is 0 Å². The Morgan fingerprint density at radius 2 is 1.74 bits per heavy atom. The fourth-order valence-electron chi connectivity index (χ4n) is 3.72. The fraction of sp³-hybridized carbons (Fsp3) is 0.273. The van der Waals surface area contributed by atoms with Gasteiger partial charge < -0.3 is 15.2 Å². The lowest BCUT2D eigenvalue weighted by molar-refractivity contribution is -0.137. The van der Waals surface area contributed by atoms with Gasteiger partial charge in [-0.25, -0.2) is 13.4 Å². The molecular formula is C22H22F3N5O3S. The highest BCUT2D eigenvalue weighted by atomic mass is 32.2. The summed E-state index contributed by atoms with van der Waals surface area (Å²) in [4.78, 5) is 21.5. The maximum Gasteiger partial charge on any atom is 0.418 e. The van der Waals surface area contributed by atoms with Crippen LogP contribution in [0.15, 0.2) is 54.7 Å². The maximum atomic E-state index is 13.6. The highest BCUT2D eigenvalue weighted by molar-refractivity contribution is 7.88. The molecule has 0 unspecified atom stereocenters. The van der Waals surface area contributed by atoms with Gasteiger partial charge in [-0.3, -0.25) is 4.79 Å². The minimum atomic E-state index is -4.72. The van der Waals surface area contributed by atoms with Crippen molar-refractivity contribution in [2.75, 3.05) is 42.7 Å². The normalized spacial score (nSPS) is 15.4. The molecule has 1 saturated heterocycles. The number of anilines is 2. The first-order valence-electron chi connectivity index (χ1n) is 10.4. The third kappa shape index (κ3) is 5.23. The number of halogens is 3. The van der Waals surface area contributed by atoms with Crippen LogP contribution in [-0.2, 0) is 16.2 Å². The number of nitrogens with zero attached hydrogens (tertiary/aromatic N) is 3. The second-order valence-corrected chi connectivity index (χ2v) is 9.83. The van der Waals surface area contributed by atoms with Crippen molar-refractivity contribution in [3.8, 4) is 11.3 Å². The van der Waals surface area contributed by atoms with Crippen LogP contribution < -0.4 is 10.2 Å². The van der Waals surface area contributed by atoms with Crippen molar-refractivity contribution in [1.29, 1.82) is 0 Å². The molecule has 1 amide bonds. The topological polar surface area (TPSA) is 98.4 Å². The number of benzene rings is 1. The molecule has 0 radical (unpaired) electrons. The zero-order chi connectivity index (χ0) is 24.5. The van der Waals surface area contributed by atoms with Gasteiger partial charge in [-0.2, -0.15) is 17.5 Å². The summed E-state index contributed by atoms with van der Waals surface area (Å²) < 4.78 is 65.4. The van der Waals surface area contributed by atoms with E-state index in [4.69, 9.17) is 0 Å². The summed E-state index contributed by atoms with van der Waals surface area (Å²) in [6.45, 7) is 1.56. The Kier molecular flexibility index (Phi) is 6.36. The first kappa shape index (κ1) is 23.8. The molecule has 180 valence electrons. The van der Waals surface area contributed by atoms with Crippen molar-refractivity contribution in [1.82, 2.24) is 14.3 Å². The molecule has 8 nitrogen and oxygen atoms in total. The number of piperazine rings is 1. The Bertz CT molecular complexity index is 1270. The molecule has 1 fully saturated rings. The summed E-state index contributed by atoms with van der Waals surface area (Å²) in [5.74, 6) is -0.362. The highest BCUT2D eigenvalue weighted by Crippen LogP contribution is 2.35. The number of aromatic amines is 1. The lowest BCUT2D eigenvalue weighted by atomic mass is 10.1. The molecular weight excluding hydrogens is 471 g/mol. The van der Waals surface area contributed by atoms with E-state index in [-0.39, 0.29) is 11.4 Å². The molecule has 1 aliphatic heterocycles. The van der Waals surface area contributed by atoms with E-state index in [0.717, 1.165) is 12.3 Å². The summed E-state index contributed by atoms with van der Waals surface area (Å²) in [5.41, 5.74) is -0.717. The minimum absolute atomic E-state index is 0.180. The average molecular weight is 494 g/mol. The number of rotatable bonds is 5. The van der Waals surface area contributed by atoms with Crippen molar-refractivity contribution in [3.63, 3.8) is 0 Å². The monoisotopic (exact) mass is 493 g/mol. The number of nitrogens with one attached hydrogen (secondary N) is 2. The van der Waals surface area contributed by atoms with Gasteiger partial charge >= 0.3 is 6.18 Å². The number of amides is 1. The van der Waals surface area contributed by atoms with Gasteiger partial charge in [0.15, 0.2) is 0 Å². The Morgan fingerprint density at radius 3 is 2.29 bits per heavy atom. The van der Waals surface area contributed by atoms with Crippen LogP contribution in [0.25, 0.3) is 11.3 Å². The number of hydrogen-bond acceptors (Lipinski definition) is 5. The van der Waals surface area contributed by atoms with E-state index in [0.29, 0.717) is 37.6 Å². The largest absolute Gasteiger partial charge is 0.418 e. The van der Waals surface area contributed by atoms with Crippen molar-refractivity contribution < 1.29 is 26.4 Å². The number of sulfonamides is 1. The van der Waals surface area contributed by atoms with E-state index >= 15 is 0 Å². The van der Waals surface area contributed by atoms with Gasteiger partial charge in [0.05, 0.1) is 23.7 Å². The first-order chi connectivity index (χ1) is 16.0. The summed E-state index contributed by atoms with van der Waals surface area (Å²) >= 11 is 0. The smallest absolute Gasteiger partial charge is 0.354 e. The van der Waals surface area contributed by atoms with E-state index in [1.807, 2.05) is 4.90 Å². The molecule has 3 aromatic rings. The number of carbonyl (C=O) groups excluding carboxylic acids is 1. The number of pyridine rings is 1. The summed E-state index contributed by atoms with van der Waals surface area (Å²) in [6.07, 6.45) is -2.20. The zero-order valence-electron chi connectivity index (χ0n) is 18.1. The molecule has 1 aliphatic rings. The molecule has 0 bridgehead atoms. The summed E-state index contributed by atoms with van der Waals surface area (Å²) in [7, 11) is -3.25. The van der Waals surface area contributed by atoms with Crippen LogP contribution in [0.4, 0.5) is 24.7 Å². The van der Waals surface area contributed by atoms with Crippen molar-refractivity contribution in [2.24, 2.45) is 0 Å². The van der Waals surface area contributed by atoms with Crippen LogP contribution in [0.2, 0.25) is 0 Å². The summed E-state index contributed by atoms with van der Waals surface area (Å²) in [6, 6.07) is 12.5. The molecule has 2 N–H and O–H groups in total. The molecule has 0 saturated carbocycles. The van der Waals surface area contributed by atoms with E-state index in [2.05, 4.69) is 15.3 Å². The molecule has 2 aromatic heterocycles. The quantitative estimate of drug-likeness (QED) is 0.568. The van der Waals surface area contributed by atoms with E-state index in [1.165, 1.54) is 16.6 Å².